The number of nitrogens with one attached hydrogen (secondary N) is 1. The molecule has 1 aromatic rings. The molecule has 6 heteroatoms. The van der Waals surface area contributed by atoms with Crippen molar-refractivity contribution < 1.29 is 14.0 Å². The van der Waals surface area contributed by atoms with E-state index in [4.69, 9.17) is 5.73 Å². The topological polar surface area (TPSA) is 75.4 Å². The molecule has 1 saturated heterocycles. The summed E-state index contributed by atoms with van der Waals surface area (Å²) in [6.07, 6.45) is 0.539. The van der Waals surface area contributed by atoms with Crippen LogP contribution in [0.2, 0.25) is 0 Å². The van der Waals surface area contributed by atoms with Gasteiger partial charge in [-0.25, -0.2) is 4.39 Å². The first kappa shape index (κ1) is 12.3. The van der Waals surface area contributed by atoms with Gasteiger partial charge in [0.15, 0.2) is 0 Å². The molecule has 1 aliphatic heterocycles. The molecular formula is C12H14FN3O2. The number of likely N-dealkylation sites (tertiary alicyclic amines) is 1. The third-order valence-electron chi connectivity index (χ3n) is 2.97. The quantitative estimate of drug-likeness (QED) is 0.746. The normalized spacial score (nSPS) is 19.1. The molecule has 2 rings (SSSR count). The van der Waals surface area contributed by atoms with E-state index in [2.05, 4.69) is 5.32 Å². The van der Waals surface area contributed by atoms with Crippen molar-refractivity contribution >= 4 is 17.5 Å². The van der Waals surface area contributed by atoms with Crippen LogP contribution in [0.25, 0.3) is 0 Å². The molecule has 0 spiro atoms. The van der Waals surface area contributed by atoms with Crippen molar-refractivity contribution in [2.75, 3.05) is 19.3 Å². The predicted octanol–water partition coefficient (Wildman–Crippen LogP) is 0.368. The second-order valence-corrected chi connectivity index (χ2v) is 4.31. The van der Waals surface area contributed by atoms with Crippen molar-refractivity contribution in [1.29, 1.82) is 0 Å². The number of halogens is 1. The number of nitrogens with two attached hydrogens (primary N) is 1. The maximum absolute atomic E-state index is 13.5. The number of likely N-dealkylation sites (N-methyl/N-ethyl adjacent to an activating group) is 1. The van der Waals surface area contributed by atoms with Crippen LogP contribution in [0.1, 0.15) is 16.8 Å². The summed E-state index contributed by atoms with van der Waals surface area (Å²) in [5.74, 6) is -1.44. The van der Waals surface area contributed by atoms with Gasteiger partial charge in [0, 0.05) is 19.3 Å². The van der Waals surface area contributed by atoms with Crippen LogP contribution < -0.4 is 11.1 Å². The monoisotopic (exact) mass is 251 g/mol. The van der Waals surface area contributed by atoms with E-state index in [0.717, 1.165) is 6.07 Å². The van der Waals surface area contributed by atoms with Crippen molar-refractivity contribution in [3.05, 3.63) is 29.6 Å². The molecule has 0 bridgehead atoms. The van der Waals surface area contributed by atoms with Gasteiger partial charge >= 0.3 is 0 Å². The SMILES string of the molecule is CN1CCC(NC(=O)c2ccc(N)cc2F)C1=O. The maximum atomic E-state index is 13.5. The van der Waals surface area contributed by atoms with E-state index in [0.29, 0.717) is 13.0 Å². The van der Waals surface area contributed by atoms with Crippen molar-refractivity contribution in [2.45, 2.75) is 12.5 Å². The Kier molecular flexibility index (Phi) is 3.18. The highest BCUT2D eigenvalue weighted by Gasteiger charge is 2.30. The average molecular weight is 251 g/mol. The van der Waals surface area contributed by atoms with Gasteiger partial charge in [-0.1, -0.05) is 0 Å². The molecule has 18 heavy (non-hydrogen) atoms. The fourth-order valence-corrected chi connectivity index (χ4v) is 1.91. The summed E-state index contributed by atoms with van der Waals surface area (Å²) in [6, 6.07) is 3.26. The van der Waals surface area contributed by atoms with Gasteiger partial charge in [0.25, 0.3) is 5.91 Å². The van der Waals surface area contributed by atoms with E-state index >= 15 is 0 Å². The van der Waals surface area contributed by atoms with Gasteiger partial charge in [-0.3, -0.25) is 9.59 Å². The van der Waals surface area contributed by atoms with Crippen molar-refractivity contribution in [3.8, 4) is 0 Å². The Hall–Kier alpha value is -2.11. The molecule has 3 N–H and O–H groups in total. The molecule has 0 radical (unpaired) electrons. The van der Waals surface area contributed by atoms with Gasteiger partial charge in [-0.2, -0.15) is 0 Å². The molecule has 1 heterocycles. The maximum Gasteiger partial charge on any atom is 0.254 e. The van der Waals surface area contributed by atoms with Crippen molar-refractivity contribution in [1.82, 2.24) is 10.2 Å². The molecule has 96 valence electrons. The summed E-state index contributed by atoms with van der Waals surface area (Å²) in [5, 5.41) is 2.52. The predicted molar refractivity (Wildman–Crippen MR) is 64.3 cm³/mol. The Labute approximate surface area is 104 Å². The van der Waals surface area contributed by atoms with E-state index in [1.165, 1.54) is 17.0 Å². The van der Waals surface area contributed by atoms with E-state index in [1.807, 2.05) is 0 Å². The Morgan fingerprint density at radius 1 is 1.56 bits per heavy atom. The molecule has 5 nitrogen and oxygen atoms in total. The van der Waals surface area contributed by atoms with E-state index in [1.54, 1.807) is 7.05 Å². The number of carbonyl (C=O) groups excluding carboxylic acids is 2. The van der Waals surface area contributed by atoms with Crippen LogP contribution in [0.5, 0.6) is 0 Å². The summed E-state index contributed by atoms with van der Waals surface area (Å²) in [4.78, 5) is 25.0. The van der Waals surface area contributed by atoms with Crippen LogP contribution in [-0.2, 0) is 4.79 Å². The first-order valence-electron chi connectivity index (χ1n) is 5.60. The fraction of sp³-hybridized carbons (Fsp3) is 0.333. The Morgan fingerprint density at radius 3 is 2.83 bits per heavy atom. The molecule has 1 aromatic carbocycles. The molecule has 1 atom stereocenters. The van der Waals surface area contributed by atoms with E-state index in [9.17, 15) is 14.0 Å². The second-order valence-electron chi connectivity index (χ2n) is 4.31. The van der Waals surface area contributed by atoms with Gasteiger partial charge in [-0.05, 0) is 24.6 Å². The van der Waals surface area contributed by atoms with Crippen LogP contribution in [0, 0.1) is 5.82 Å². The summed E-state index contributed by atoms with van der Waals surface area (Å²) >= 11 is 0. The molecule has 1 unspecified atom stereocenters. The zero-order valence-corrected chi connectivity index (χ0v) is 9.94. The first-order valence-corrected chi connectivity index (χ1v) is 5.60. The first-order chi connectivity index (χ1) is 8.49. The van der Waals surface area contributed by atoms with Crippen LogP contribution in [0.15, 0.2) is 18.2 Å². The van der Waals surface area contributed by atoms with Gasteiger partial charge in [0.2, 0.25) is 5.91 Å². The number of hydrogen-bond donors (Lipinski definition) is 2. The lowest BCUT2D eigenvalue weighted by Crippen LogP contribution is -2.40. The summed E-state index contributed by atoms with van der Waals surface area (Å²) < 4.78 is 13.5. The fourth-order valence-electron chi connectivity index (χ4n) is 1.91. The average Bonchev–Trinajstić information content (AvgIpc) is 2.61. The highest BCUT2D eigenvalue weighted by atomic mass is 19.1. The molecule has 0 saturated carbocycles. The number of hydrogen-bond acceptors (Lipinski definition) is 3. The second kappa shape index (κ2) is 4.64. The molecule has 2 amide bonds. The largest absolute Gasteiger partial charge is 0.399 e. The summed E-state index contributed by atoms with van der Waals surface area (Å²) in [7, 11) is 1.66. The lowest BCUT2D eigenvalue weighted by molar-refractivity contribution is -0.128. The van der Waals surface area contributed by atoms with Crippen LogP contribution in [-0.4, -0.2) is 36.3 Å². The number of benzene rings is 1. The number of carbonyl (C=O) groups is 2. The Morgan fingerprint density at radius 2 is 2.28 bits per heavy atom. The third-order valence-corrected chi connectivity index (χ3v) is 2.97. The highest BCUT2D eigenvalue weighted by Crippen LogP contribution is 2.14. The number of nitrogens with zero attached hydrogens (tertiary/aromatic N) is 1. The molecule has 0 aromatic heterocycles. The summed E-state index contributed by atoms with van der Waals surface area (Å²) in [5.41, 5.74) is 5.54. The number of anilines is 1. The van der Waals surface area contributed by atoms with Crippen LogP contribution >= 0.6 is 0 Å². The molecule has 1 fully saturated rings. The smallest absolute Gasteiger partial charge is 0.254 e. The minimum Gasteiger partial charge on any atom is -0.399 e. The lowest BCUT2D eigenvalue weighted by Gasteiger charge is -2.12. The Bertz CT molecular complexity index is 504. The minimum atomic E-state index is -0.689. The molecule has 0 aliphatic carbocycles. The van der Waals surface area contributed by atoms with Crippen LogP contribution in [0.4, 0.5) is 10.1 Å². The number of nitrogen functional groups attached to an aromatic ring is 1. The minimum absolute atomic E-state index is 0.105. The molecule has 1 aliphatic rings. The van der Waals surface area contributed by atoms with Crippen molar-refractivity contribution in [2.24, 2.45) is 0 Å². The zero-order chi connectivity index (χ0) is 13.3. The molecular weight excluding hydrogens is 237 g/mol. The number of rotatable bonds is 2. The highest BCUT2D eigenvalue weighted by molar-refractivity contribution is 5.98. The Balaban J connectivity index is 2.11. The van der Waals surface area contributed by atoms with Crippen molar-refractivity contribution in [3.63, 3.8) is 0 Å². The van der Waals surface area contributed by atoms with Crippen LogP contribution in [0.3, 0.4) is 0 Å². The van der Waals surface area contributed by atoms with Gasteiger partial charge in [-0.15, -0.1) is 0 Å². The third kappa shape index (κ3) is 2.27. The standard InChI is InChI=1S/C12H14FN3O2/c1-16-5-4-10(12(16)18)15-11(17)8-3-2-7(14)6-9(8)13/h2-3,6,10H,4-5,14H2,1H3,(H,15,17). The van der Waals surface area contributed by atoms with Gasteiger partial charge < -0.3 is 16.0 Å². The lowest BCUT2D eigenvalue weighted by atomic mass is 10.1. The number of amides is 2. The van der Waals surface area contributed by atoms with E-state index < -0.39 is 17.8 Å². The van der Waals surface area contributed by atoms with Gasteiger partial charge in [0.1, 0.15) is 11.9 Å². The zero-order valence-electron chi connectivity index (χ0n) is 9.94. The van der Waals surface area contributed by atoms with Gasteiger partial charge in [0.05, 0.1) is 5.56 Å². The van der Waals surface area contributed by atoms with E-state index in [-0.39, 0.29) is 17.2 Å². The summed E-state index contributed by atoms with van der Waals surface area (Å²) in [6.45, 7) is 0.591.